The number of hydrogen-bond acceptors (Lipinski definition) is 6. The Balaban J connectivity index is 1.62. The molecular formula is C23H24N4O2S2. The average molecular weight is 453 g/mol. The summed E-state index contributed by atoms with van der Waals surface area (Å²) in [6.45, 7) is 6.76. The number of amides is 1. The zero-order chi connectivity index (χ0) is 22.0. The number of thiophene rings is 1. The fourth-order valence-corrected chi connectivity index (χ4v) is 5.16. The Labute approximate surface area is 188 Å². The Morgan fingerprint density at radius 2 is 2.00 bits per heavy atom. The summed E-state index contributed by atoms with van der Waals surface area (Å²) in [7, 11) is 0. The Kier molecular flexibility index (Phi) is 6.38. The fraction of sp³-hybridized carbons (Fsp3) is 0.304. The summed E-state index contributed by atoms with van der Waals surface area (Å²) in [5.41, 5.74) is 2.58. The molecule has 3 heterocycles. The van der Waals surface area contributed by atoms with E-state index in [0.717, 1.165) is 22.3 Å². The van der Waals surface area contributed by atoms with Crippen molar-refractivity contribution in [3.63, 3.8) is 0 Å². The van der Waals surface area contributed by atoms with Gasteiger partial charge in [0.25, 0.3) is 5.56 Å². The number of rotatable bonds is 7. The normalized spacial score (nSPS) is 11.5. The van der Waals surface area contributed by atoms with Gasteiger partial charge in [-0.2, -0.15) is 0 Å². The van der Waals surface area contributed by atoms with E-state index in [-0.39, 0.29) is 23.1 Å². The van der Waals surface area contributed by atoms with Crippen molar-refractivity contribution in [1.29, 1.82) is 0 Å². The summed E-state index contributed by atoms with van der Waals surface area (Å²) < 4.78 is 2.30. The number of carbonyl (C=O) groups is 1. The van der Waals surface area contributed by atoms with Gasteiger partial charge < -0.3 is 5.32 Å². The maximum absolute atomic E-state index is 13.2. The molecule has 1 aromatic carbocycles. The molecule has 4 rings (SSSR count). The van der Waals surface area contributed by atoms with Crippen molar-refractivity contribution in [3.05, 3.63) is 58.5 Å². The second kappa shape index (κ2) is 9.20. The van der Waals surface area contributed by atoms with Gasteiger partial charge in [0.2, 0.25) is 5.91 Å². The van der Waals surface area contributed by atoms with E-state index in [1.165, 1.54) is 28.7 Å². The lowest BCUT2D eigenvalue weighted by Crippen LogP contribution is -2.25. The van der Waals surface area contributed by atoms with Crippen LogP contribution in [0, 0.1) is 5.92 Å². The second-order valence-electron chi connectivity index (χ2n) is 7.73. The molecule has 0 aliphatic heterocycles. The van der Waals surface area contributed by atoms with Gasteiger partial charge in [-0.15, -0.1) is 11.3 Å². The molecule has 6 nitrogen and oxygen atoms in total. The molecular weight excluding hydrogens is 428 g/mol. The van der Waals surface area contributed by atoms with Gasteiger partial charge in [-0.25, -0.2) is 9.97 Å². The van der Waals surface area contributed by atoms with Crippen LogP contribution in [0.25, 0.3) is 20.4 Å². The lowest BCUT2D eigenvalue weighted by atomic mass is 10.1. The number of hydrogen-bond donors (Lipinski definition) is 1. The molecule has 31 heavy (non-hydrogen) atoms. The van der Waals surface area contributed by atoms with Crippen LogP contribution in [-0.4, -0.2) is 26.2 Å². The van der Waals surface area contributed by atoms with Gasteiger partial charge in [-0.05, 0) is 42.2 Å². The number of nitrogens with one attached hydrogen (secondary N) is 1. The van der Waals surface area contributed by atoms with E-state index in [1.54, 1.807) is 10.8 Å². The molecule has 3 aromatic heterocycles. The minimum atomic E-state index is -0.128. The van der Waals surface area contributed by atoms with Crippen LogP contribution in [0.1, 0.15) is 26.3 Å². The van der Waals surface area contributed by atoms with Crippen molar-refractivity contribution in [2.24, 2.45) is 5.92 Å². The van der Waals surface area contributed by atoms with Gasteiger partial charge in [0.05, 0.1) is 11.3 Å². The number of aryl methyl sites for hydroxylation is 1. The van der Waals surface area contributed by atoms with Crippen molar-refractivity contribution in [3.8, 4) is 0 Å². The molecule has 0 aliphatic rings. The third-order valence-electron chi connectivity index (χ3n) is 4.84. The molecule has 0 radical (unpaired) electrons. The lowest BCUT2D eigenvalue weighted by molar-refractivity contribution is -0.113. The maximum Gasteiger partial charge on any atom is 0.272 e. The Bertz CT molecular complexity index is 1290. The number of nitrogens with zero attached hydrogens (tertiary/aromatic N) is 3. The molecule has 0 saturated heterocycles. The highest BCUT2D eigenvalue weighted by Crippen LogP contribution is 2.30. The number of benzene rings is 1. The molecule has 0 aliphatic carbocycles. The van der Waals surface area contributed by atoms with Crippen LogP contribution >= 0.6 is 23.1 Å². The number of anilines is 1. The van der Waals surface area contributed by atoms with Crippen LogP contribution in [-0.2, 0) is 17.8 Å². The van der Waals surface area contributed by atoms with Gasteiger partial charge in [0.15, 0.2) is 5.16 Å². The Morgan fingerprint density at radius 1 is 1.23 bits per heavy atom. The first-order chi connectivity index (χ1) is 15.0. The molecule has 0 atom stereocenters. The average Bonchev–Trinajstić information content (AvgIpc) is 3.14. The molecule has 0 unspecified atom stereocenters. The van der Waals surface area contributed by atoms with Crippen molar-refractivity contribution in [1.82, 2.24) is 14.5 Å². The predicted octanol–water partition coefficient (Wildman–Crippen LogP) is 4.96. The summed E-state index contributed by atoms with van der Waals surface area (Å²) >= 11 is 2.66. The van der Waals surface area contributed by atoms with E-state index in [9.17, 15) is 9.59 Å². The van der Waals surface area contributed by atoms with E-state index in [4.69, 9.17) is 4.98 Å². The van der Waals surface area contributed by atoms with Gasteiger partial charge in [0, 0.05) is 23.8 Å². The van der Waals surface area contributed by atoms with Gasteiger partial charge in [-0.3, -0.25) is 14.2 Å². The smallest absolute Gasteiger partial charge is 0.272 e. The highest BCUT2D eigenvalue weighted by molar-refractivity contribution is 7.99. The highest BCUT2D eigenvalue weighted by atomic mass is 32.2. The SMILES string of the molecule is CCc1ccc(NC(=O)CSc2nc3c(sc4ncccc43)c(=O)n2CC(C)C)cc1. The number of fused-ring (bicyclic) bond motifs is 3. The molecule has 4 aromatic rings. The van der Waals surface area contributed by atoms with Crippen molar-refractivity contribution < 1.29 is 4.79 Å². The van der Waals surface area contributed by atoms with Gasteiger partial charge in [-0.1, -0.05) is 44.7 Å². The maximum atomic E-state index is 13.2. The molecule has 8 heteroatoms. The van der Waals surface area contributed by atoms with E-state index >= 15 is 0 Å². The Morgan fingerprint density at radius 3 is 2.71 bits per heavy atom. The molecule has 0 bridgehead atoms. The fourth-order valence-electron chi connectivity index (χ4n) is 3.33. The summed E-state index contributed by atoms with van der Waals surface area (Å²) in [6.07, 6.45) is 2.68. The van der Waals surface area contributed by atoms with Crippen molar-refractivity contribution in [2.75, 3.05) is 11.1 Å². The van der Waals surface area contributed by atoms with Crippen LogP contribution < -0.4 is 10.9 Å². The minimum Gasteiger partial charge on any atom is -0.325 e. The Hall–Kier alpha value is -2.71. The standard InChI is InChI=1S/C23H24N4O2S2/c1-4-15-7-9-16(10-8-15)25-18(28)13-30-23-26-19-17-6-5-11-24-21(17)31-20(19)22(29)27(23)12-14(2)3/h5-11,14H,4,12-13H2,1-3H3,(H,25,28). The third kappa shape index (κ3) is 4.65. The van der Waals surface area contributed by atoms with Gasteiger partial charge >= 0.3 is 0 Å². The molecule has 0 spiro atoms. The topological polar surface area (TPSA) is 76.9 Å². The first-order valence-corrected chi connectivity index (χ1v) is 12.1. The van der Waals surface area contributed by atoms with Crippen molar-refractivity contribution in [2.45, 2.75) is 38.9 Å². The first-order valence-electron chi connectivity index (χ1n) is 10.3. The van der Waals surface area contributed by atoms with Crippen molar-refractivity contribution >= 4 is 55.1 Å². The number of carbonyl (C=O) groups excluding carboxylic acids is 1. The van der Waals surface area contributed by atoms with E-state index in [0.29, 0.717) is 21.9 Å². The predicted molar refractivity (Wildman–Crippen MR) is 129 cm³/mol. The third-order valence-corrected chi connectivity index (χ3v) is 6.91. The van der Waals surface area contributed by atoms with E-state index in [2.05, 4.69) is 31.1 Å². The van der Waals surface area contributed by atoms with Crippen LogP contribution in [0.5, 0.6) is 0 Å². The van der Waals surface area contributed by atoms with Crippen LogP contribution in [0.3, 0.4) is 0 Å². The lowest BCUT2D eigenvalue weighted by Gasteiger charge is -2.14. The van der Waals surface area contributed by atoms with Gasteiger partial charge in [0.1, 0.15) is 9.53 Å². The zero-order valence-electron chi connectivity index (χ0n) is 17.7. The molecule has 0 saturated carbocycles. The largest absolute Gasteiger partial charge is 0.325 e. The number of pyridine rings is 1. The zero-order valence-corrected chi connectivity index (χ0v) is 19.3. The summed E-state index contributed by atoms with van der Waals surface area (Å²) in [5.74, 6) is 0.317. The molecule has 1 N–H and O–H groups in total. The van der Waals surface area contributed by atoms with Crippen LogP contribution in [0.2, 0.25) is 0 Å². The molecule has 160 valence electrons. The summed E-state index contributed by atoms with van der Waals surface area (Å²) in [6, 6.07) is 11.6. The van der Waals surface area contributed by atoms with Crippen LogP contribution in [0.15, 0.2) is 52.5 Å². The van der Waals surface area contributed by atoms with E-state index in [1.807, 2.05) is 36.4 Å². The molecule has 0 fully saturated rings. The second-order valence-corrected chi connectivity index (χ2v) is 9.67. The minimum absolute atomic E-state index is 0.0697. The first kappa shape index (κ1) is 21.5. The molecule has 1 amide bonds. The number of thioether (sulfide) groups is 1. The highest BCUT2D eigenvalue weighted by Gasteiger charge is 2.18. The van der Waals surface area contributed by atoms with Crippen LogP contribution in [0.4, 0.5) is 5.69 Å². The summed E-state index contributed by atoms with van der Waals surface area (Å²) in [5, 5.41) is 4.35. The number of aromatic nitrogens is 3. The van der Waals surface area contributed by atoms with E-state index < -0.39 is 0 Å². The monoisotopic (exact) mass is 452 g/mol. The quantitative estimate of drug-likeness (QED) is 0.317. The summed E-state index contributed by atoms with van der Waals surface area (Å²) in [4.78, 5) is 35.7.